The second kappa shape index (κ2) is 7.02. The number of aliphatic hydroxyl groups is 1. The van der Waals surface area contributed by atoms with Crippen LogP contribution in [0.25, 0.3) is 0 Å². The highest BCUT2D eigenvalue weighted by Crippen LogP contribution is 2.33. The SMILES string of the molecule is CCCNCC1(CN2CCC(C)C2CO)CCOC1. The first-order valence-corrected chi connectivity index (χ1v) is 7.84. The lowest BCUT2D eigenvalue weighted by atomic mass is 9.86. The number of rotatable bonds is 7. The molecule has 2 rings (SSSR count). The van der Waals surface area contributed by atoms with Crippen molar-refractivity contribution in [3.63, 3.8) is 0 Å². The smallest absolute Gasteiger partial charge is 0.0589 e. The molecule has 0 aliphatic carbocycles. The van der Waals surface area contributed by atoms with Gasteiger partial charge in [-0.05, 0) is 38.3 Å². The molecule has 4 heteroatoms. The van der Waals surface area contributed by atoms with Gasteiger partial charge in [-0.3, -0.25) is 4.90 Å². The maximum atomic E-state index is 9.59. The third-order valence-corrected chi connectivity index (χ3v) is 4.83. The van der Waals surface area contributed by atoms with E-state index in [9.17, 15) is 5.11 Å². The first-order valence-electron chi connectivity index (χ1n) is 7.84. The van der Waals surface area contributed by atoms with Crippen molar-refractivity contribution in [2.24, 2.45) is 11.3 Å². The normalized spacial score (nSPS) is 36.2. The number of hydrogen-bond acceptors (Lipinski definition) is 4. The molecule has 2 aliphatic heterocycles. The average Bonchev–Trinajstić information content (AvgIpc) is 2.98. The first kappa shape index (κ1) is 15.2. The van der Waals surface area contributed by atoms with Gasteiger partial charge in [-0.15, -0.1) is 0 Å². The van der Waals surface area contributed by atoms with E-state index >= 15 is 0 Å². The Balaban J connectivity index is 1.92. The van der Waals surface area contributed by atoms with E-state index in [1.165, 1.54) is 12.8 Å². The fraction of sp³-hybridized carbons (Fsp3) is 1.00. The Bertz CT molecular complexity index is 267. The molecular formula is C15H30N2O2. The van der Waals surface area contributed by atoms with Gasteiger partial charge in [-0.25, -0.2) is 0 Å². The lowest BCUT2D eigenvalue weighted by Crippen LogP contribution is -2.48. The Morgan fingerprint density at radius 2 is 2.32 bits per heavy atom. The maximum Gasteiger partial charge on any atom is 0.0589 e. The van der Waals surface area contributed by atoms with Gasteiger partial charge in [-0.1, -0.05) is 13.8 Å². The molecule has 0 amide bonds. The van der Waals surface area contributed by atoms with Crippen molar-refractivity contribution in [2.75, 3.05) is 46.0 Å². The van der Waals surface area contributed by atoms with Gasteiger partial charge in [0, 0.05) is 31.2 Å². The number of hydrogen-bond donors (Lipinski definition) is 2. The fourth-order valence-corrected chi connectivity index (χ4v) is 3.51. The Labute approximate surface area is 117 Å². The molecular weight excluding hydrogens is 240 g/mol. The van der Waals surface area contributed by atoms with Crippen LogP contribution in [-0.4, -0.2) is 62.0 Å². The second-order valence-corrected chi connectivity index (χ2v) is 6.47. The van der Waals surface area contributed by atoms with Crippen LogP contribution in [0.4, 0.5) is 0 Å². The number of nitrogens with zero attached hydrogens (tertiary/aromatic N) is 1. The van der Waals surface area contributed by atoms with E-state index < -0.39 is 0 Å². The molecule has 19 heavy (non-hydrogen) atoms. The summed E-state index contributed by atoms with van der Waals surface area (Å²) in [6, 6.07) is 0.351. The third-order valence-electron chi connectivity index (χ3n) is 4.83. The minimum absolute atomic E-state index is 0.257. The zero-order chi connectivity index (χ0) is 13.7. The number of ether oxygens (including phenoxy) is 1. The van der Waals surface area contributed by atoms with Crippen molar-refractivity contribution in [1.29, 1.82) is 0 Å². The van der Waals surface area contributed by atoms with Crippen LogP contribution < -0.4 is 5.32 Å². The summed E-state index contributed by atoms with van der Waals surface area (Å²) in [5.41, 5.74) is 0.257. The Kier molecular flexibility index (Phi) is 5.63. The number of nitrogens with one attached hydrogen (secondary N) is 1. The van der Waals surface area contributed by atoms with E-state index in [1.807, 2.05) is 0 Å². The molecule has 0 aromatic rings. The van der Waals surface area contributed by atoms with E-state index in [0.29, 0.717) is 18.6 Å². The zero-order valence-corrected chi connectivity index (χ0v) is 12.5. The van der Waals surface area contributed by atoms with Gasteiger partial charge >= 0.3 is 0 Å². The van der Waals surface area contributed by atoms with Gasteiger partial charge in [-0.2, -0.15) is 0 Å². The molecule has 0 aromatic carbocycles. The Hall–Kier alpha value is -0.160. The first-order chi connectivity index (χ1) is 9.21. The van der Waals surface area contributed by atoms with E-state index in [4.69, 9.17) is 4.74 Å². The highest BCUT2D eigenvalue weighted by Gasteiger charge is 2.40. The van der Waals surface area contributed by atoms with Crippen LogP contribution in [0.15, 0.2) is 0 Å². The third kappa shape index (κ3) is 3.69. The summed E-state index contributed by atoms with van der Waals surface area (Å²) in [7, 11) is 0. The summed E-state index contributed by atoms with van der Waals surface area (Å²) >= 11 is 0. The molecule has 2 saturated heterocycles. The van der Waals surface area contributed by atoms with Crippen molar-refractivity contribution < 1.29 is 9.84 Å². The molecule has 0 radical (unpaired) electrons. The molecule has 2 heterocycles. The van der Waals surface area contributed by atoms with Crippen LogP contribution in [0.3, 0.4) is 0 Å². The molecule has 3 unspecified atom stereocenters. The monoisotopic (exact) mass is 270 g/mol. The second-order valence-electron chi connectivity index (χ2n) is 6.47. The lowest BCUT2D eigenvalue weighted by molar-refractivity contribution is 0.0748. The maximum absolute atomic E-state index is 9.59. The molecule has 0 aromatic heterocycles. The highest BCUT2D eigenvalue weighted by atomic mass is 16.5. The molecule has 4 nitrogen and oxygen atoms in total. The van der Waals surface area contributed by atoms with Gasteiger partial charge in [0.25, 0.3) is 0 Å². The Morgan fingerprint density at radius 3 is 2.95 bits per heavy atom. The molecule has 2 aliphatic rings. The molecule has 0 saturated carbocycles. The van der Waals surface area contributed by atoms with Crippen molar-refractivity contribution in [3.8, 4) is 0 Å². The predicted octanol–water partition coefficient (Wildman–Crippen LogP) is 1.10. The van der Waals surface area contributed by atoms with E-state index in [2.05, 4.69) is 24.1 Å². The zero-order valence-electron chi connectivity index (χ0n) is 12.5. The molecule has 0 spiro atoms. The van der Waals surface area contributed by atoms with Gasteiger partial charge in [0.1, 0.15) is 0 Å². The van der Waals surface area contributed by atoms with Gasteiger partial charge in [0.2, 0.25) is 0 Å². The van der Waals surface area contributed by atoms with Crippen molar-refractivity contribution in [3.05, 3.63) is 0 Å². The summed E-state index contributed by atoms with van der Waals surface area (Å²) in [5.74, 6) is 0.618. The summed E-state index contributed by atoms with van der Waals surface area (Å²) in [6.45, 7) is 10.8. The standard InChI is InChI=1S/C15H30N2O2/c1-3-6-16-10-15(5-8-19-12-15)11-17-7-4-13(2)14(17)9-18/h13-14,16,18H,3-12H2,1-2H3. The summed E-state index contributed by atoms with van der Waals surface area (Å²) < 4.78 is 5.67. The predicted molar refractivity (Wildman–Crippen MR) is 77.3 cm³/mol. The van der Waals surface area contributed by atoms with Gasteiger partial charge in [0.15, 0.2) is 0 Å². The van der Waals surface area contributed by atoms with Gasteiger partial charge < -0.3 is 15.2 Å². The molecule has 3 atom stereocenters. The fourth-order valence-electron chi connectivity index (χ4n) is 3.51. The Morgan fingerprint density at radius 1 is 1.47 bits per heavy atom. The number of aliphatic hydroxyl groups excluding tert-OH is 1. The largest absolute Gasteiger partial charge is 0.395 e. The van der Waals surface area contributed by atoms with Crippen LogP contribution in [-0.2, 0) is 4.74 Å². The lowest BCUT2D eigenvalue weighted by Gasteiger charge is -2.35. The van der Waals surface area contributed by atoms with Gasteiger partial charge in [0.05, 0.1) is 13.2 Å². The van der Waals surface area contributed by atoms with Crippen LogP contribution in [0.1, 0.15) is 33.1 Å². The summed E-state index contributed by atoms with van der Waals surface area (Å²) in [4.78, 5) is 2.49. The summed E-state index contributed by atoms with van der Waals surface area (Å²) in [5, 5.41) is 13.2. The molecule has 112 valence electrons. The minimum Gasteiger partial charge on any atom is -0.395 e. The van der Waals surface area contributed by atoms with Crippen LogP contribution in [0, 0.1) is 11.3 Å². The molecule has 2 N–H and O–H groups in total. The topological polar surface area (TPSA) is 44.7 Å². The number of likely N-dealkylation sites (tertiary alicyclic amines) is 1. The van der Waals surface area contributed by atoms with Crippen LogP contribution in [0.5, 0.6) is 0 Å². The van der Waals surface area contributed by atoms with E-state index in [0.717, 1.165) is 45.8 Å². The van der Waals surface area contributed by atoms with Crippen molar-refractivity contribution >= 4 is 0 Å². The van der Waals surface area contributed by atoms with E-state index in [1.54, 1.807) is 0 Å². The quantitative estimate of drug-likeness (QED) is 0.680. The highest BCUT2D eigenvalue weighted by molar-refractivity contribution is 4.93. The molecule has 0 bridgehead atoms. The average molecular weight is 270 g/mol. The summed E-state index contributed by atoms with van der Waals surface area (Å²) in [6.07, 6.45) is 3.54. The van der Waals surface area contributed by atoms with Crippen molar-refractivity contribution in [1.82, 2.24) is 10.2 Å². The minimum atomic E-state index is 0.257. The van der Waals surface area contributed by atoms with E-state index in [-0.39, 0.29) is 5.41 Å². The van der Waals surface area contributed by atoms with Crippen molar-refractivity contribution in [2.45, 2.75) is 39.2 Å². The van der Waals surface area contributed by atoms with Crippen LogP contribution >= 0.6 is 0 Å². The molecule has 2 fully saturated rings. The van der Waals surface area contributed by atoms with Crippen LogP contribution in [0.2, 0.25) is 0 Å².